The second kappa shape index (κ2) is 6.63. The first kappa shape index (κ1) is 15.9. The molecular weight excluding hydrogens is 376 g/mol. The minimum Gasteiger partial charge on any atom is -0.478 e. The van der Waals surface area contributed by atoms with Crippen molar-refractivity contribution in [3.8, 4) is 11.3 Å². The van der Waals surface area contributed by atoms with Gasteiger partial charge >= 0.3 is 5.97 Å². The van der Waals surface area contributed by atoms with Crippen molar-refractivity contribution in [3.05, 3.63) is 68.9 Å². The van der Waals surface area contributed by atoms with E-state index in [1.807, 2.05) is 24.3 Å². The maximum atomic E-state index is 11.9. The normalized spacial score (nSPS) is 11.0. The highest BCUT2D eigenvalue weighted by Crippen LogP contribution is 2.28. The van der Waals surface area contributed by atoms with E-state index in [1.165, 1.54) is 24.3 Å². The largest absolute Gasteiger partial charge is 0.478 e. The van der Waals surface area contributed by atoms with E-state index in [0.717, 1.165) is 10.0 Å². The highest BCUT2D eigenvalue weighted by Gasteiger charge is 2.12. The molecular formula is C16H11BrN4O3. The number of nitrogens with one attached hydrogen (secondary N) is 2. The van der Waals surface area contributed by atoms with Crippen LogP contribution in [0.25, 0.3) is 11.3 Å². The SMILES string of the molecule is O=C(O)c1ccc(N=Nc2c(-c3cccc(Br)c3)[nH][nH]c2=O)cc1. The van der Waals surface area contributed by atoms with Crippen molar-refractivity contribution < 1.29 is 9.90 Å². The predicted molar refractivity (Wildman–Crippen MR) is 92.1 cm³/mol. The van der Waals surface area contributed by atoms with E-state index in [0.29, 0.717) is 11.4 Å². The van der Waals surface area contributed by atoms with Crippen LogP contribution in [-0.2, 0) is 0 Å². The van der Waals surface area contributed by atoms with E-state index in [-0.39, 0.29) is 11.3 Å². The molecule has 1 heterocycles. The Bertz CT molecular complexity index is 973. The summed E-state index contributed by atoms with van der Waals surface area (Å²) >= 11 is 3.38. The Morgan fingerprint density at radius 3 is 2.46 bits per heavy atom. The number of hydrogen-bond acceptors (Lipinski definition) is 4. The number of H-pyrrole nitrogens is 2. The summed E-state index contributed by atoms with van der Waals surface area (Å²) in [5.41, 5.74) is 1.65. The van der Waals surface area contributed by atoms with Crippen LogP contribution in [0.15, 0.2) is 68.0 Å². The number of hydrogen-bond donors (Lipinski definition) is 3. The van der Waals surface area contributed by atoms with E-state index in [9.17, 15) is 9.59 Å². The lowest BCUT2D eigenvalue weighted by Gasteiger charge is -1.99. The van der Waals surface area contributed by atoms with Crippen molar-refractivity contribution in [3.63, 3.8) is 0 Å². The average molecular weight is 387 g/mol. The summed E-state index contributed by atoms with van der Waals surface area (Å²) in [6.07, 6.45) is 0. The molecule has 0 saturated heterocycles. The fourth-order valence-electron chi connectivity index (χ4n) is 2.08. The molecule has 0 aliphatic carbocycles. The van der Waals surface area contributed by atoms with Crippen LogP contribution < -0.4 is 5.56 Å². The van der Waals surface area contributed by atoms with Gasteiger partial charge in [0.1, 0.15) is 0 Å². The van der Waals surface area contributed by atoms with Gasteiger partial charge in [-0.2, -0.15) is 5.11 Å². The number of azo groups is 1. The summed E-state index contributed by atoms with van der Waals surface area (Å²) in [4.78, 5) is 22.8. The Morgan fingerprint density at radius 2 is 1.79 bits per heavy atom. The monoisotopic (exact) mass is 386 g/mol. The van der Waals surface area contributed by atoms with E-state index >= 15 is 0 Å². The van der Waals surface area contributed by atoms with Crippen LogP contribution in [0.2, 0.25) is 0 Å². The third kappa shape index (κ3) is 3.33. The van der Waals surface area contributed by atoms with Gasteiger partial charge in [0.2, 0.25) is 0 Å². The van der Waals surface area contributed by atoms with Crippen LogP contribution in [-0.4, -0.2) is 21.3 Å². The van der Waals surface area contributed by atoms with Gasteiger partial charge in [-0.15, -0.1) is 5.11 Å². The third-order valence-electron chi connectivity index (χ3n) is 3.25. The fraction of sp³-hybridized carbons (Fsp3) is 0. The molecule has 24 heavy (non-hydrogen) atoms. The van der Waals surface area contributed by atoms with Crippen molar-refractivity contribution >= 4 is 33.3 Å². The molecule has 0 aliphatic rings. The molecule has 3 aromatic rings. The average Bonchev–Trinajstić information content (AvgIpc) is 2.94. The van der Waals surface area contributed by atoms with Gasteiger partial charge in [-0.1, -0.05) is 28.1 Å². The molecule has 1 aromatic heterocycles. The number of carboxylic acids is 1. The predicted octanol–water partition coefficient (Wildman–Crippen LogP) is 4.25. The number of aromatic amines is 2. The molecule has 0 atom stereocenters. The van der Waals surface area contributed by atoms with Crippen LogP contribution in [0.1, 0.15) is 10.4 Å². The lowest BCUT2D eigenvalue weighted by atomic mass is 10.1. The number of nitrogens with zero attached hydrogens (tertiary/aromatic N) is 2. The molecule has 3 N–H and O–H groups in total. The minimum atomic E-state index is -1.02. The van der Waals surface area contributed by atoms with Crippen LogP contribution in [0.3, 0.4) is 0 Å². The number of aromatic nitrogens is 2. The fourth-order valence-corrected chi connectivity index (χ4v) is 2.48. The van der Waals surface area contributed by atoms with Gasteiger partial charge in [-0.25, -0.2) is 4.79 Å². The number of rotatable bonds is 4. The standard InChI is InChI=1S/C16H11BrN4O3/c17-11-3-1-2-10(8-11)13-14(15(22)21-19-13)20-18-12-6-4-9(5-7-12)16(23)24/h1-8H,(H,23,24)(H2,19,21,22). The first-order valence-corrected chi connectivity index (χ1v) is 7.65. The van der Waals surface area contributed by atoms with Crippen molar-refractivity contribution in [1.29, 1.82) is 0 Å². The smallest absolute Gasteiger partial charge is 0.335 e. The lowest BCUT2D eigenvalue weighted by molar-refractivity contribution is 0.0697. The molecule has 120 valence electrons. The summed E-state index contributed by atoms with van der Waals surface area (Å²) in [6, 6.07) is 13.3. The van der Waals surface area contributed by atoms with Crippen LogP contribution in [0.5, 0.6) is 0 Å². The number of carboxylic acid groups (broad SMARTS) is 1. The minimum absolute atomic E-state index is 0.149. The second-order valence-corrected chi connectivity index (χ2v) is 5.78. The zero-order chi connectivity index (χ0) is 17.1. The van der Waals surface area contributed by atoms with Gasteiger partial charge in [0.25, 0.3) is 5.56 Å². The van der Waals surface area contributed by atoms with Gasteiger partial charge in [0, 0.05) is 10.0 Å². The molecule has 0 fully saturated rings. The maximum Gasteiger partial charge on any atom is 0.335 e. The van der Waals surface area contributed by atoms with Crippen LogP contribution in [0.4, 0.5) is 11.4 Å². The topological polar surface area (TPSA) is 111 Å². The number of halogens is 1. The quantitative estimate of drug-likeness (QED) is 0.582. The molecule has 3 rings (SSSR count). The molecule has 0 spiro atoms. The summed E-state index contributed by atoms with van der Waals surface area (Å²) in [5.74, 6) is -1.02. The van der Waals surface area contributed by atoms with Gasteiger partial charge in [0.15, 0.2) is 5.69 Å². The van der Waals surface area contributed by atoms with Gasteiger partial charge in [-0.05, 0) is 36.4 Å². The molecule has 0 saturated carbocycles. The summed E-state index contributed by atoms with van der Waals surface area (Å²) in [7, 11) is 0. The van der Waals surface area contributed by atoms with Gasteiger partial charge < -0.3 is 5.11 Å². The van der Waals surface area contributed by atoms with E-state index in [4.69, 9.17) is 5.11 Å². The third-order valence-corrected chi connectivity index (χ3v) is 3.74. The highest BCUT2D eigenvalue weighted by atomic mass is 79.9. The molecule has 0 radical (unpaired) electrons. The highest BCUT2D eigenvalue weighted by molar-refractivity contribution is 9.10. The van der Waals surface area contributed by atoms with E-state index in [2.05, 4.69) is 36.4 Å². The maximum absolute atomic E-state index is 11.9. The van der Waals surface area contributed by atoms with Crippen LogP contribution in [0, 0.1) is 0 Å². The van der Waals surface area contributed by atoms with Crippen molar-refractivity contribution in [2.75, 3.05) is 0 Å². The van der Waals surface area contributed by atoms with Crippen molar-refractivity contribution in [2.45, 2.75) is 0 Å². The van der Waals surface area contributed by atoms with Crippen LogP contribution >= 0.6 is 15.9 Å². The summed E-state index contributed by atoms with van der Waals surface area (Å²) in [5, 5.41) is 22.1. The molecule has 7 nitrogen and oxygen atoms in total. The lowest BCUT2D eigenvalue weighted by Crippen LogP contribution is -1.96. The number of benzene rings is 2. The Balaban J connectivity index is 1.94. The molecule has 0 amide bonds. The first-order chi connectivity index (χ1) is 11.5. The Hall–Kier alpha value is -3.00. The first-order valence-electron chi connectivity index (χ1n) is 6.86. The summed E-state index contributed by atoms with van der Waals surface area (Å²) in [6.45, 7) is 0. The van der Waals surface area contributed by atoms with Crippen molar-refractivity contribution in [2.24, 2.45) is 10.2 Å². The Morgan fingerprint density at radius 1 is 1.04 bits per heavy atom. The molecule has 0 bridgehead atoms. The molecule has 0 unspecified atom stereocenters. The molecule has 0 aliphatic heterocycles. The van der Waals surface area contributed by atoms with E-state index < -0.39 is 11.5 Å². The number of aromatic carboxylic acids is 1. The molecule has 2 aromatic carbocycles. The van der Waals surface area contributed by atoms with E-state index in [1.54, 1.807) is 0 Å². The summed E-state index contributed by atoms with van der Waals surface area (Å²) < 4.78 is 0.870. The zero-order valence-electron chi connectivity index (χ0n) is 12.2. The Labute approximate surface area is 144 Å². The zero-order valence-corrected chi connectivity index (χ0v) is 13.7. The number of carbonyl (C=O) groups is 1. The second-order valence-electron chi connectivity index (χ2n) is 4.87. The van der Waals surface area contributed by atoms with Gasteiger partial charge in [-0.3, -0.25) is 15.0 Å². The molecule has 8 heteroatoms. The van der Waals surface area contributed by atoms with Crippen molar-refractivity contribution in [1.82, 2.24) is 10.2 Å². The Kier molecular flexibility index (Phi) is 4.39. The van der Waals surface area contributed by atoms with Gasteiger partial charge in [0.05, 0.1) is 16.9 Å².